The topological polar surface area (TPSA) is 32.3 Å². The second kappa shape index (κ2) is 3.63. The Morgan fingerprint density at radius 3 is 2.79 bits per heavy atom. The van der Waals surface area contributed by atoms with Crippen LogP contribution >= 0.6 is 0 Å². The minimum absolute atomic E-state index is 0.277. The summed E-state index contributed by atoms with van der Waals surface area (Å²) in [5.74, 6) is -0.886. The van der Waals surface area contributed by atoms with Gasteiger partial charge in [0.1, 0.15) is 11.6 Å². The lowest BCUT2D eigenvalue weighted by atomic mass is 10.0. The Kier molecular flexibility index (Phi) is 2.48. The fraction of sp³-hybridized carbons (Fsp3) is 0.400. The molecule has 1 aliphatic heterocycles. The summed E-state index contributed by atoms with van der Waals surface area (Å²) < 4.78 is 26.1. The smallest absolute Gasteiger partial charge is 0.128 e. The molecule has 14 heavy (non-hydrogen) atoms. The molecule has 0 aromatic heterocycles. The highest BCUT2D eigenvalue weighted by Gasteiger charge is 2.25. The van der Waals surface area contributed by atoms with E-state index in [1.165, 1.54) is 6.07 Å². The fourth-order valence-corrected chi connectivity index (χ4v) is 1.74. The quantitative estimate of drug-likeness (QED) is 0.715. The van der Waals surface area contributed by atoms with Crippen LogP contribution in [0.2, 0.25) is 0 Å². The van der Waals surface area contributed by atoms with Gasteiger partial charge < -0.3 is 10.4 Å². The third-order valence-corrected chi connectivity index (χ3v) is 2.44. The van der Waals surface area contributed by atoms with E-state index in [4.69, 9.17) is 0 Å². The van der Waals surface area contributed by atoms with Crippen LogP contribution in [0.4, 0.5) is 8.78 Å². The van der Waals surface area contributed by atoms with Crippen molar-refractivity contribution < 1.29 is 13.9 Å². The Hall–Kier alpha value is -1.00. The van der Waals surface area contributed by atoms with Crippen molar-refractivity contribution >= 4 is 0 Å². The molecule has 0 saturated carbocycles. The zero-order valence-electron chi connectivity index (χ0n) is 7.50. The molecular formula is C10H11F2NO. The number of halogens is 2. The van der Waals surface area contributed by atoms with Gasteiger partial charge in [0.2, 0.25) is 0 Å². The molecule has 1 aromatic rings. The van der Waals surface area contributed by atoms with E-state index in [0.29, 0.717) is 18.5 Å². The molecule has 2 atom stereocenters. The molecule has 1 heterocycles. The first-order valence-electron chi connectivity index (χ1n) is 4.53. The molecule has 0 radical (unpaired) electrons. The summed E-state index contributed by atoms with van der Waals surface area (Å²) >= 11 is 0. The van der Waals surface area contributed by atoms with Crippen molar-refractivity contribution in [2.24, 2.45) is 0 Å². The van der Waals surface area contributed by atoms with E-state index in [2.05, 4.69) is 5.32 Å². The SMILES string of the molecule is O[C@H]1CNC(c2cc(F)ccc2F)C1. The maximum Gasteiger partial charge on any atom is 0.128 e. The Balaban J connectivity index is 2.27. The molecule has 0 bridgehead atoms. The van der Waals surface area contributed by atoms with E-state index in [1.807, 2.05) is 0 Å². The molecule has 76 valence electrons. The van der Waals surface area contributed by atoms with E-state index in [1.54, 1.807) is 0 Å². The van der Waals surface area contributed by atoms with Gasteiger partial charge in [-0.15, -0.1) is 0 Å². The van der Waals surface area contributed by atoms with Gasteiger partial charge in [0.25, 0.3) is 0 Å². The predicted molar refractivity (Wildman–Crippen MR) is 47.7 cm³/mol. The second-order valence-electron chi connectivity index (χ2n) is 3.52. The van der Waals surface area contributed by atoms with Crippen molar-refractivity contribution in [2.75, 3.05) is 6.54 Å². The van der Waals surface area contributed by atoms with Gasteiger partial charge in [-0.3, -0.25) is 0 Å². The zero-order valence-corrected chi connectivity index (χ0v) is 7.50. The molecule has 1 fully saturated rings. The molecule has 2 nitrogen and oxygen atoms in total. The molecule has 4 heteroatoms. The van der Waals surface area contributed by atoms with Crippen LogP contribution < -0.4 is 5.32 Å². The Bertz CT molecular complexity index is 343. The fourth-order valence-electron chi connectivity index (χ4n) is 1.74. The van der Waals surface area contributed by atoms with Crippen molar-refractivity contribution in [2.45, 2.75) is 18.6 Å². The standard InChI is InChI=1S/C10H11F2NO/c11-6-1-2-9(12)8(3-6)10-4-7(14)5-13-10/h1-3,7,10,13-14H,4-5H2/t7-,10?/m1/s1. The number of β-amino-alcohol motifs (C(OH)–C–C–N with tert-alkyl or cyclic N) is 1. The summed E-state index contributed by atoms with van der Waals surface area (Å²) in [6.45, 7) is 0.431. The maximum atomic E-state index is 13.3. The summed E-state index contributed by atoms with van der Waals surface area (Å²) in [4.78, 5) is 0. The third kappa shape index (κ3) is 1.76. The van der Waals surface area contributed by atoms with Crippen LogP contribution in [0.1, 0.15) is 18.0 Å². The van der Waals surface area contributed by atoms with E-state index < -0.39 is 17.7 Å². The predicted octanol–water partition coefficient (Wildman–Crippen LogP) is 1.36. The molecule has 1 aliphatic rings. The molecule has 1 aromatic carbocycles. The lowest BCUT2D eigenvalue weighted by molar-refractivity contribution is 0.193. The summed E-state index contributed by atoms with van der Waals surface area (Å²) in [5.41, 5.74) is 0.293. The molecule has 0 aliphatic carbocycles. The van der Waals surface area contributed by atoms with Crippen LogP contribution in [0.5, 0.6) is 0 Å². The Labute approximate surface area is 80.6 Å². The lowest BCUT2D eigenvalue weighted by Crippen LogP contribution is -2.15. The van der Waals surface area contributed by atoms with E-state index >= 15 is 0 Å². The normalized spacial score (nSPS) is 26.8. The minimum atomic E-state index is -0.470. The van der Waals surface area contributed by atoms with Gasteiger partial charge >= 0.3 is 0 Å². The number of rotatable bonds is 1. The molecule has 0 spiro atoms. The first kappa shape index (κ1) is 9.55. The number of hydrogen-bond donors (Lipinski definition) is 2. The minimum Gasteiger partial charge on any atom is -0.392 e. The first-order chi connectivity index (χ1) is 6.66. The molecule has 2 rings (SSSR count). The maximum absolute atomic E-state index is 13.3. The van der Waals surface area contributed by atoms with Crippen LogP contribution in [0.3, 0.4) is 0 Å². The van der Waals surface area contributed by atoms with Crippen LogP contribution in [-0.2, 0) is 0 Å². The Morgan fingerprint density at radius 2 is 2.14 bits per heavy atom. The van der Waals surface area contributed by atoms with Gasteiger partial charge in [-0.25, -0.2) is 8.78 Å². The van der Waals surface area contributed by atoms with Crippen molar-refractivity contribution in [3.8, 4) is 0 Å². The molecule has 1 unspecified atom stereocenters. The molecule has 2 N–H and O–H groups in total. The van der Waals surface area contributed by atoms with Gasteiger partial charge in [0, 0.05) is 18.2 Å². The molecule has 1 saturated heterocycles. The first-order valence-corrected chi connectivity index (χ1v) is 4.53. The summed E-state index contributed by atoms with van der Waals surface area (Å²) in [6.07, 6.45) is -0.0388. The van der Waals surface area contributed by atoms with Crippen LogP contribution in [0, 0.1) is 11.6 Å². The number of hydrogen-bond acceptors (Lipinski definition) is 2. The lowest BCUT2D eigenvalue weighted by Gasteiger charge is -2.11. The van der Waals surface area contributed by atoms with E-state index in [9.17, 15) is 13.9 Å². The van der Waals surface area contributed by atoms with Crippen LogP contribution in [0.25, 0.3) is 0 Å². The highest BCUT2D eigenvalue weighted by atomic mass is 19.1. The molecular weight excluding hydrogens is 188 g/mol. The average Bonchev–Trinajstić information content (AvgIpc) is 2.56. The monoisotopic (exact) mass is 199 g/mol. The second-order valence-corrected chi connectivity index (χ2v) is 3.52. The van der Waals surface area contributed by atoms with Crippen molar-refractivity contribution in [1.29, 1.82) is 0 Å². The largest absolute Gasteiger partial charge is 0.392 e. The number of aliphatic hydroxyl groups excluding tert-OH is 1. The highest BCUT2D eigenvalue weighted by molar-refractivity contribution is 5.23. The average molecular weight is 199 g/mol. The number of nitrogens with one attached hydrogen (secondary N) is 1. The van der Waals surface area contributed by atoms with Gasteiger partial charge in [0.15, 0.2) is 0 Å². The van der Waals surface area contributed by atoms with Gasteiger partial charge in [-0.1, -0.05) is 0 Å². The van der Waals surface area contributed by atoms with Crippen LogP contribution in [0.15, 0.2) is 18.2 Å². The molecule has 0 amide bonds. The van der Waals surface area contributed by atoms with Crippen LogP contribution in [-0.4, -0.2) is 17.8 Å². The summed E-state index contributed by atoms with van der Waals surface area (Å²) in [6, 6.07) is 3.09. The highest BCUT2D eigenvalue weighted by Crippen LogP contribution is 2.25. The number of aliphatic hydroxyl groups is 1. The number of benzene rings is 1. The third-order valence-electron chi connectivity index (χ3n) is 2.44. The summed E-state index contributed by atoms with van der Waals surface area (Å²) in [5, 5.41) is 12.2. The van der Waals surface area contributed by atoms with E-state index in [-0.39, 0.29) is 6.04 Å². The van der Waals surface area contributed by atoms with Gasteiger partial charge in [-0.05, 0) is 24.6 Å². The van der Waals surface area contributed by atoms with E-state index in [0.717, 1.165) is 12.1 Å². The Morgan fingerprint density at radius 1 is 1.36 bits per heavy atom. The zero-order chi connectivity index (χ0) is 10.1. The van der Waals surface area contributed by atoms with Crippen molar-refractivity contribution in [3.05, 3.63) is 35.4 Å². The summed E-state index contributed by atoms with van der Waals surface area (Å²) in [7, 11) is 0. The van der Waals surface area contributed by atoms with Crippen molar-refractivity contribution in [3.63, 3.8) is 0 Å². The van der Waals surface area contributed by atoms with Gasteiger partial charge in [0.05, 0.1) is 6.10 Å². The van der Waals surface area contributed by atoms with Gasteiger partial charge in [-0.2, -0.15) is 0 Å². The van der Waals surface area contributed by atoms with Crippen molar-refractivity contribution in [1.82, 2.24) is 5.32 Å².